The molecule has 138 valence electrons. The molecule has 0 saturated heterocycles. The SMILES string of the molecule is CC(O)c1onc(-c2nn(C(C)C)c3ncnc(N)c23)c1-c1ccccn1. The predicted molar refractivity (Wildman–Crippen MR) is 99.5 cm³/mol. The number of aliphatic hydroxyl groups excluding tert-OH is 1. The van der Waals surface area contributed by atoms with Gasteiger partial charge < -0.3 is 15.4 Å². The Kier molecular flexibility index (Phi) is 4.08. The van der Waals surface area contributed by atoms with E-state index >= 15 is 0 Å². The number of nitrogens with zero attached hydrogens (tertiary/aromatic N) is 6. The Morgan fingerprint density at radius 2 is 1.93 bits per heavy atom. The molecule has 0 bridgehead atoms. The van der Waals surface area contributed by atoms with Crippen LogP contribution >= 0.6 is 0 Å². The molecular formula is C18H19N7O2. The molecule has 4 heterocycles. The standard InChI is InChI=1S/C18H19N7O2/c1-9(2)25-18-13(17(19)21-8-22-18)14(23-25)15-12(11-6-4-5-7-20-11)16(10(3)26)27-24-15/h4-10,26H,1-3H3,(H2,19,21,22). The quantitative estimate of drug-likeness (QED) is 0.565. The van der Waals surface area contributed by atoms with Crippen LogP contribution in [-0.2, 0) is 0 Å². The molecule has 3 N–H and O–H groups in total. The topological polar surface area (TPSA) is 129 Å². The van der Waals surface area contributed by atoms with Crippen molar-refractivity contribution in [1.29, 1.82) is 0 Å². The molecule has 4 aromatic heterocycles. The predicted octanol–water partition coefficient (Wildman–Crippen LogP) is 2.76. The second-order valence-corrected chi connectivity index (χ2v) is 6.51. The van der Waals surface area contributed by atoms with Gasteiger partial charge >= 0.3 is 0 Å². The highest BCUT2D eigenvalue weighted by molar-refractivity contribution is 6.00. The Morgan fingerprint density at radius 3 is 2.59 bits per heavy atom. The summed E-state index contributed by atoms with van der Waals surface area (Å²) in [5.74, 6) is 0.613. The summed E-state index contributed by atoms with van der Waals surface area (Å²) in [6.07, 6.45) is 2.21. The number of nitrogen functional groups attached to an aromatic ring is 1. The van der Waals surface area contributed by atoms with E-state index in [-0.39, 0.29) is 6.04 Å². The largest absolute Gasteiger partial charge is 0.385 e. The Labute approximate surface area is 154 Å². The maximum Gasteiger partial charge on any atom is 0.174 e. The number of fused-ring (bicyclic) bond motifs is 1. The van der Waals surface area contributed by atoms with Gasteiger partial charge in [0.2, 0.25) is 0 Å². The van der Waals surface area contributed by atoms with E-state index in [1.54, 1.807) is 17.8 Å². The van der Waals surface area contributed by atoms with Gasteiger partial charge in [-0.2, -0.15) is 5.10 Å². The molecule has 1 unspecified atom stereocenters. The van der Waals surface area contributed by atoms with Crippen LogP contribution in [0.5, 0.6) is 0 Å². The van der Waals surface area contributed by atoms with Crippen molar-refractivity contribution in [3.63, 3.8) is 0 Å². The van der Waals surface area contributed by atoms with Crippen LogP contribution in [-0.4, -0.2) is 35.0 Å². The van der Waals surface area contributed by atoms with Gasteiger partial charge in [-0.05, 0) is 32.9 Å². The normalized spacial score (nSPS) is 12.8. The molecule has 0 saturated carbocycles. The van der Waals surface area contributed by atoms with Crippen LogP contribution in [0.15, 0.2) is 35.2 Å². The fourth-order valence-electron chi connectivity index (χ4n) is 3.03. The minimum Gasteiger partial charge on any atom is -0.385 e. The van der Waals surface area contributed by atoms with Crippen LogP contribution in [0.1, 0.15) is 38.7 Å². The molecule has 0 aromatic carbocycles. The molecule has 1 atom stereocenters. The van der Waals surface area contributed by atoms with Gasteiger partial charge in [0.1, 0.15) is 29.6 Å². The Bertz CT molecular complexity index is 1100. The van der Waals surface area contributed by atoms with Gasteiger partial charge in [-0.15, -0.1) is 0 Å². The van der Waals surface area contributed by atoms with Crippen molar-refractivity contribution in [2.45, 2.75) is 32.9 Å². The van der Waals surface area contributed by atoms with Gasteiger partial charge in [-0.25, -0.2) is 14.6 Å². The molecule has 0 amide bonds. The van der Waals surface area contributed by atoms with Crippen LogP contribution in [0, 0.1) is 0 Å². The van der Waals surface area contributed by atoms with Gasteiger partial charge in [0.05, 0.1) is 16.6 Å². The molecule has 0 aliphatic carbocycles. The second kappa shape index (κ2) is 6.44. The first-order chi connectivity index (χ1) is 13.0. The van der Waals surface area contributed by atoms with E-state index in [9.17, 15) is 5.11 Å². The van der Waals surface area contributed by atoms with Crippen molar-refractivity contribution in [2.75, 3.05) is 5.73 Å². The third-order valence-electron chi connectivity index (χ3n) is 4.25. The van der Waals surface area contributed by atoms with Crippen molar-refractivity contribution < 1.29 is 9.63 Å². The number of aromatic nitrogens is 6. The number of anilines is 1. The van der Waals surface area contributed by atoms with Gasteiger partial charge in [-0.1, -0.05) is 11.2 Å². The van der Waals surface area contributed by atoms with Gasteiger partial charge in [0.25, 0.3) is 0 Å². The Balaban J connectivity index is 2.06. The summed E-state index contributed by atoms with van der Waals surface area (Å²) < 4.78 is 7.22. The van der Waals surface area contributed by atoms with Crippen molar-refractivity contribution in [3.8, 4) is 22.6 Å². The Morgan fingerprint density at radius 1 is 1.11 bits per heavy atom. The fourth-order valence-corrected chi connectivity index (χ4v) is 3.03. The van der Waals surface area contributed by atoms with Crippen LogP contribution in [0.25, 0.3) is 33.7 Å². The van der Waals surface area contributed by atoms with E-state index in [0.29, 0.717) is 45.3 Å². The monoisotopic (exact) mass is 365 g/mol. The van der Waals surface area contributed by atoms with Gasteiger partial charge in [0, 0.05) is 12.2 Å². The average molecular weight is 365 g/mol. The molecule has 27 heavy (non-hydrogen) atoms. The van der Waals surface area contributed by atoms with Crippen molar-refractivity contribution in [2.24, 2.45) is 0 Å². The summed E-state index contributed by atoms with van der Waals surface area (Å²) in [5.41, 5.74) is 8.87. The molecule has 0 aliphatic heterocycles. The lowest BCUT2D eigenvalue weighted by atomic mass is 10.0. The molecule has 9 nitrogen and oxygen atoms in total. The van der Waals surface area contributed by atoms with Crippen LogP contribution < -0.4 is 5.73 Å². The first-order valence-corrected chi connectivity index (χ1v) is 8.57. The fraction of sp³-hybridized carbons (Fsp3) is 0.278. The van der Waals surface area contributed by atoms with E-state index in [0.717, 1.165) is 0 Å². The van der Waals surface area contributed by atoms with Crippen LogP contribution in [0.2, 0.25) is 0 Å². The number of aliphatic hydroxyl groups is 1. The number of pyridine rings is 1. The molecule has 0 fully saturated rings. The van der Waals surface area contributed by atoms with E-state index in [4.69, 9.17) is 10.3 Å². The average Bonchev–Trinajstić information content (AvgIpc) is 3.25. The smallest absolute Gasteiger partial charge is 0.174 e. The molecule has 9 heteroatoms. The lowest BCUT2D eigenvalue weighted by molar-refractivity contribution is 0.158. The number of hydrogen-bond donors (Lipinski definition) is 2. The lowest BCUT2D eigenvalue weighted by Crippen LogP contribution is -2.04. The second-order valence-electron chi connectivity index (χ2n) is 6.51. The summed E-state index contributed by atoms with van der Waals surface area (Å²) in [7, 11) is 0. The third kappa shape index (κ3) is 2.72. The maximum atomic E-state index is 10.2. The molecule has 4 aromatic rings. The third-order valence-corrected chi connectivity index (χ3v) is 4.25. The van der Waals surface area contributed by atoms with E-state index in [2.05, 4.69) is 25.2 Å². The van der Waals surface area contributed by atoms with Gasteiger partial charge in [-0.3, -0.25) is 4.98 Å². The molecule has 0 aliphatic rings. The highest BCUT2D eigenvalue weighted by Crippen LogP contribution is 2.39. The number of rotatable bonds is 4. The molecular weight excluding hydrogens is 346 g/mol. The maximum absolute atomic E-state index is 10.2. The molecule has 0 spiro atoms. The minimum atomic E-state index is -0.865. The summed E-state index contributed by atoms with van der Waals surface area (Å²) in [4.78, 5) is 12.8. The van der Waals surface area contributed by atoms with Gasteiger partial charge in [0.15, 0.2) is 11.4 Å². The van der Waals surface area contributed by atoms with Crippen molar-refractivity contribution in [3.05, 3.63) is 36.5 Å². The van der Waals surface area contributed by atoms with Crippen LogP contribution in [0.4, 0.5) is 5.82 Å². The molecule has 0 radical (unpaired) electrons. The van der Waals surface area contributed by atoms with Crippen LogP contribution in [0.3, 0.4) is 0 Å². The summed E-state index contributed by atoms with van der Waals surface area (Å²) in [6.45, 7) is 5.61. The zero-order valence-electron chi connectivity index (χ0n) is 15.2. The number of hydrogen-bond acceptors (Lipinski definition) is 8. The number of nitrogens with two attached hydrogens (primary N) is 1. The highest BCUT2D eigenvalue weighted by Gasteiger charge is 2.28. The van der Waals surface area contributed by atoms with Crippen molar-refractivity contribution >= 4 is 16.9 Å². The zero-order valence-corrected chi connectivity index (χ0v) is 15.2. The van der Waals surface area contributed by atoms with Crippen molar-refractivity contribution in [1.82, 2.24) is 29.9 Å². The minimum absolute atomic E-state index is 0.0528. The summed E-state index contributed by atoms with van der Waals surface area (Å²) in [5, 5.41) is 19.6. The lowest BCUT2D eigenvalue weighted by Gasteiger charge is -2.05. The first kappa shape index (κ1) is 17.1. The first-order valence-electron chi connectivity index (χ1n) is 8.57. The zero-order chi connectivity index (χ0) is 19.1. The van der Waals surface area contributed by atoms with E-state index in [1.807, 2.05) is 32.0 Å². The Hall–Kier alpha value is -3.33. The molecule has 4 rings (SSSR count). The summed E-state index contributed by atoms with van der Waals surface area (Å²) >= 11 is 0. The summed E-state index contributed by atoms with van der Waals surface area (Å²) in [6, 6.07) is 5.54. The highest BCUT2D eigenvalue weighted by atomic mass is 16.5. The van der Waals surface area contributed by atoms with E-state index < -0.39 is 6.10 Å². The van der Waals surface area contributed by atoms with E-state index in [1.165, 1.54) is 6.33 Å².